The van der Waals surface area contributed by atoms with Gasteiger partial charge in [-0.15, -0.1) is 0 Å². The van der Waals surface area contributed by atoms with Gasteiger partial charge in [0.05, 0.1) is 34.2 Å². The van der Waals surface area contributed by atoms with E-state index in [1.165, 1.54) is 24.3 Å². The van der Waals surface area contributed by atoms with Crippen LogP contribution in [0, 0.1) is 17.7 Å². The number of anilines is 3. The summed E-state index contributed by atoms with van der Waals surface area (Å²) >= 11 is 7.03. The molecule has 4 aromatic rings. The fourth-order valence-electron chi connectivity index (χ4n) is 4.88. The molecule has 0 fully saturated rings. The number of benzene rings is 3. The molecule has 2 N–H and O–H groups in total. The Morgan fingerprint density at radius 2 is 1.61 bits per heavy atom. The molecule has 0 saturated carbocycles. The summed E-state index contributed by atoms with van der Waals surface area (Å²) in [4.78, 5) is 28.4. The number of esters is 1. The molecular weight excluding hydrogens is 543 g/mol. The largest absolute Gasteiger partial charge is 0.461 e. The molecule has 1 heterocycles. The van der Waals surface area contributed by atoms with Crippen molar-refractivity contribution in [2.45, 2.75) is 34.6 Å². The fraction of sp³-hybridized carbons (Fsp3) is 0.312. The van der Waals surface area contributed by atoms with E-state index in [-0.39, 0.29) is 6.61 Å². The molecule has 0 aliphatic heterocycles. The Hall–Kier alpha value is -4.04. The molecule has 3 aromatic carbocycles. The molecule has 1 aromatic heterocycles. The molecule has 0 atom stereocenters. The molecule has 0 spiro atoms. The standard InChI is InChI=1S/C32H36ClFN4O3/c1-6-41-31(39)29-15-22-9-7-8-10-28(22)38(29)25-16-26(33)30(37(18-20(2)3)19-21(4)5)27(17-25)36-32(40)35-24-13-11-23(34)12-14-24/h7-17,20-21H,6,18-19H2,1-5H3,(H2,35,36,40). The Morgan fingerprint density at radius 1 is 0.951 bits per heavy atom. The van der Waals surface area contributed by atoms with Gasteiger partial charge in [-0.25, -0.2) is 14.0 Å². The first-order chi connectivity index (χ1) is 19.6. The monoisotopic (exact) mass is 578 g/mol. The molecule has 0 radical (unpaired) electrons. The first-order valence-corrected chi connectivity index (χ1v) is 14.1. The van der Waals surface area contributed by atoms with Crippen molar-refractivity contribution in [2.24, 2.45) is 11.8 Å². The lowest BCUT2D eigenvalue weighted by Gasteiger charge is -2.31. The lowest BCUT2D eigenvalue weighted by molar-refractivity contribution is 0.0517. The fourth-order valence-corrected chi connectivity index (χ4v) is 5.21. The minimum Gasteiger partial charge on any atom is -0.461 e. The molecule has 9 heteroatoms. The van der Waals surface area contributed by atoms with Crippen LogP contribution in [0.2, 0.25) is 5.02 Å². The molecule has 0 unspecified atom stereocenters. The summed E-state index contributed by atoms with van der Waals surface area (Å²) in [6.45, 7) is 11.9. The number of hydrogen-bond donors (Lipinski definition) is 2. The summed E-state index contributed by atoms with van der Waals surface area (Å²) < 4.78 is 20.6. The minimum atomic E-state index is -0.511. The third-order valence-electron chi connectivity index (χ3n) is 6.34. The third-order valence-corrected chi connectivity index (χ3v) is 6.63. The Labute approximate surface area is 245 Å². The van der Waals surface area contributed by atoms with Gasteiger partial charge in [0.25, 0.3) is 0 Å². The maximum Gasteiger partial charge on any atom is 0.355 e. The molecule has 0 aliphatic carbocycles. The minimum absolute atomic E-state index is 0.232. The number of para-hydroxylation sites is 1. The maximum atomic E-state index is 13.4. The Kier molecular flexibility index (Phi) is 9.55. The second-order valence-electron chi connectivity index (χ2n) is 10.7. The van der Waals surface area contributed by atoms with Crippen molar-refractivity contribution in [3.8, 4) is 5.69 Å². The van der Waals surface area contributed by atoms with E-state index in [1.807, 2.05) is 36.4 Å². The highest BCUT2D eigenvalue weighted by molar-refractivity contribution is 6.34. The molecule has 0 aliphatic rings. The van der Waals surface area contributed by atoms with Crippen molar-refractivity contribution in [3.63, 3.8) is 0 Å². The summed E-state index contributed by atoms with van der Waals surface area (Å²) in [5.74, 6) is -0.204. The van der Waals surface area contributed by atoms with E-state index in [2.05, 4.69) is 43.2 Å². The number of halogens is 2. The first kappa shape index (κ1) is 29.9. The van der Waals surface area contributed by atoms with E-state index >= 15 is 0 Å². The van der Waals surface area contributed by atoms with Crippen LogP contribution in [0.3, 0.4) is 0 Å². The number of ether oxygens (including phenoxy) is 1. The second kappa shape index (κ2) is 13.1. The van der Waals surface area contributed by atoms with Gasteiger partial charge in [-0.3, -0.25) is 0 Å². The van der Waals surface area contributed by atoms with E-state index in [9.17, 15) is 14.0 Å². The maximum absolute atomic E-state index is 13.4. The van der Waals surface area contributed by atoms with Crippen LogP contribution in [0.15, 0.2) is 66.7 Å². The van der Waals surface area contributed by atoms with Crippen LogP contribution in [0.5, 0.6) is 0 Å². The summed E-state index contributed by atoms with van der Waals surface area (Å²) in [5, 5.41) is 7.01. The van der Waals surface area contributed by atoms with Crippen LogP contribution in [0.4, 0.5) is 26.2 Å². The van der Waals surface area contributed by atoms with Crippen molar-refractivity contribution >= 4 is 51.6 Å². The van der Waals surface area contributed by atoms with Crippen molar-refractivity contribution in [1.29, 1.82) is 0 Å². The van der Waals surface area contributed by atoms with Gasteiger partial charge >= 0.3 is 12.0 Å². The number of rotatable bonds is 10. The zero-order valence-corrected chi connectivity index (χ0v) is 24.8. The molecule has 0 bridgehead atoms. The van der Waals surface area contributed by atoms with Crippen molar-refractivity contribution in [2.75, 3.05) is 35.2 Å². The topological polar surface area (TPSA) is 75.6 Å². The molecule has 4 rings (SSSR count). The SMILES string of the molecule is CCOC(=O)c1cc2ccccc2n1-c1cc(Cl)c(N(CC(C)C)CC(C)C)c(NC(=O)Nc2ccc(F)cc2)c1. The number of amides is 2. The quantitative estimate of drug-likeness (QED) is 0.185. The highest BCUT2D eigenvalue weighted by atomic mass is 35.5. The van der Waals surface area contributed by atoms with E-state index in [4.69, 9.17) is 16.3 Å². The number of nitrogens with zero attached hydrogens (tertiary/aromatic N) is 2. The van der Waals surface area contributed by atoms with Crippen LogP contribution >= 0.6 is 11.6 Å². The lowest BCUT2D eigenvalue weighted by atomic mass is 10.1. The average molecular weight is 579 g/mol. The molecule has 216 valence electrons. The summed E-state index contributed by atoms with van der Waals surface area (Å²) in [6.07, 6.45) is 0. The summed E-state index contributed by atoms with van der Waals surface area (Å²) in [5.41, 5.74) is 3.33. The zero-order valence-electron chi connectivity index (χ0n) is 24.0. The van der Waals surface area contributed by atoms with Crippen LogP contribution in [0.25, 0.3) is 16.6 Å². The molecule has 7 nitrogen and oxygen atoms in total. The summed E-state index contributed by atoms with van der Waals surface area (Å²) in [6, 6.07) is 18.1. The first-order valence-electron chi connectivity index (χ1n) is 13.8. The normalized spacial score (nSPS) is 11.2. The van der Waals surface area contributed by atoms with Crippen molar-refractivity contribution in [1.82, 2.24) is 4.57 Å². The Bertz CT molecular complexity index is 1520. The van der Waals surface area contributed by atoms with E-state index in [0.29, 0.717) is 58.4 Å². The average Bonchev–Trinajstić information content (AvgIpc) is 3.29. The van der Waals surface area contributed by atoms with Crippen LogP contribution in [-0.4, -0.2) is 36.3 Å². The van der Waals surface area contributed by atoms with Gasteiger partial charge in [0.2, 0.25) is 0 Å². The van der Waals surface area contributed by atoms with Gasteiger partial charge in [-0.1, -0.05) is 57.5 Å². The van der Waals surface area contributed by atoms with Gasteiger partial charge in [0, 0.05) is 24.2 Å². The molecular formula is C32H36ClFN4O3. The number of urea groups is 1. The molecule has 41 heavy (non-hydrogen) atoms. The highest BCUT2D eigenvalue weighted by Gasteiger charge is 2.24. The van der Waals surface area contributed by atoms with Crippen LogP contribution in [-0.2, 0) is 4.74 Å². The third kappa shape index (κ3) is 7.19. The zero-order chi connectivity index (χ0) is 29.7. The highest BCUT2D eigenvalue weighted by Crippen LogP contribution is 2.39. The number of hydrogen-bond acceptors (Lipinski definition) is 4. The smallest absolute Gasteiger partial charge is 0.355 e. The van der Waals surface area contributed by atoms with Gasteiger partial charge in [0.15, 0.2) is 0 Å². The van der Waals surface area contributed by atoms with Crippen molar-refractivity contribution in [3.05, 3.63) is 83.3 Å². The number of carbonyl (C=O) groups excluding carboxylic acids is 2. The predicted octanol–water partition coefficient (Wildman–Crippen LogP) is 8.36. The van der Waals surface area contributed by atoms with E-state index < -0.39 is 17.8 Å². The van der Waals surface area contributed by atoms with Gasteiger partial charge in [0.1, 0.15) is 11.5 Å². The number of aromatic nitrogens is 1. The summed E-state index contributed by atoms with van der Waals surface area (Å²) in [7, 11) is 0. The Balaban J connectivity index is 1.87. The lowest BCUT2D eigenvalue weighted by Crippen LogP contribution is -2.33. The van der Waals surface area contributed by atoms with Gasteiger partial charge in [-0.2, -0.15) is 0 Å². The van der Waals surface area contributed by atoms with Gasteiger partial charge in [-0.05, 0) is 67.3 Å². The number of fused-ring (bicyclic) bond motifs is 1. The van der Waals surface area contributed by atoms with E-state index in [1.54, 1.807) is 17.6 Å². The van der Waals surface area contributed by atoms with Gasteiger partial charge < -0.3 is 24.8 Å². The van der Waals surface area contributed by atoms with Crippen molar-refractivity contribution < 1.29 is 18.7 Å². The number of nitrogens with one attached hydrogen (secondary N) is 2. The van der Waals surface area contributed by atoms with Crippen LogP contribution < -0.4 is 15.5 Å². The molecule has 0 saturated heterocycles. The second-order valence-corrected chi connectivity index (χ2v) is 11.2. The predicted molar refractivity (Wildman–Crippen MR) is 165 cm³/mol. The molecule has 2 amide bonds. The number of carbonyl (C=O) groups is 2. The van der Waals surface area contributed by atoms with Crippen LogP contribution in [0.1, 0.15) is 45.1 Å². The Morgan fingerprint density at radius 3 is 2.24 bits per heavy atom. The van der Waals surface area contributed by atoms with E-state index in [0.717, 1.165) is 10.9 Å².